The first-order valence-electron chi connectivity index (χ1n) is 3.32. The average molecular weight is 129 g/mol. The van der Waals surface area contributed by atoms with Gasteiger partial charge in [-0.2, -0.15) is 0 Å². The molecular weight excluding hydrogens is 114 g/mol. The van der Waals surface area contributed by atoms with Crippen LogP contribution in [0.4, 0.5) is 0 Å². The van der Waals surface area contributed by atoms with E-state index >= 15 is 0 Å². The van der Waals surface area contributed by atoms with Crippen molar-refractivity contribution in [1.29, 1.82) is 0 Å². The van der Waals surface area contributed by atoms with Gasteiger partial charge in [0.2, 0.25) is 0 Å². The Bertz CT molecular complexity index is 97.1. The number of ketones is 1. The van der Waals surface area contributed by atoms with Crippen molar-refractivity contribution >= 4 is 5.78 Å². The Labute approximate surface area is 56.4 Å². The molecule has 9 heavy (non-hydrogen) atoms. The van der Waals surface area contributed by atoms with Gasteiger partial charge in [0, 0.05) is 6.42 Å². The van der Waals surface area contributed by atoms with Crippen molar-refractivity contribution in [3.05, 3.63) is 0 Å². The van der Waals surface area contributed by atoms with Crippen LogP contribution in [0.2, 0.25) is 0 Å². The molecule has 1 atom stereocenters. The van der Waals surface area contributed by atoms with Gasteiger partial charge in [-0.1, -0.05) is 13.8 Å². The van der Waals surface area contributed by atoms with Crippen LogP contribution in [0.5, 0.6) is 0 Å². The Morgan fingerprint density at radius 3 is 2.00 bits per heavy atom. The lowest BCUT2D eigenvalue weighted by Gasteiger charge is -2.05. The zero-order chi connectivity index (χ0) is 7.44. The van der Waals surface area contributed by atoms with E-state index in [9.17, 15) is 4.79 Å². The van der Waals surface area contributed by atoms with Crippen LogP contribution >= 0.6 is 0 Å². The summed E-state index contributed by atoms with van der Waals surface area (Å²) in [6, 6.07) is -0.285. The Morgan fingerprint density at radius 1 is 1.44 bits per heavy atom. The van der Waals surface area contributed by atoms with E-state index in [-0.39, 0.29) is 11.8 Å². The first-order valence-corrected chi connectivity index (χ1v) is 3.32. The molecule has 0 unspecified atom stereocenters. The SMILES string of the molecule is CC(C)CC(=O)[C@H](C)N. The summed E-state index contributed by atoms with van der Waals surface area (Å²) in [5.41, 5.74) is 5.33. The fourth-order valence-corrected chi connectivity index (χ4v) is 0.588. The summed E-state index contributed by atoms with van der Waals surface area (Å²) in [4.78, 5) is 10.8. The molecule has 0 aromatic carbocycles. The largest absolute Gasteiger partial charge is 0.322 e. The highest BCUT2D eigenvalue weighted by Gasteiger charge is 2.08. The zero-order valence-electron chi connectivity index (χ0n) is 6.35. The fraction of sp³-hybridized carbons (Fsp3) is 0.857. The molecule has 0 spiro atoms. The summed E-state index contributed by atoms with van der Waals surface area (Å²) < 4.78 is 0. The van der Waals surface area contributed by atoms with Crippen molar-refractivity contribution in [2.24, 2.45) is 11.7 Å². The number of hydrogen-bond donors (Lipinski definition) is 1. The lowest BCUT2D eigenvalue weighted by atomic mass is 10.0. The van der Waals surface area contributed by atoms with Crippen LogP contribution in [-0.4, -0.2) is 11.8 Å². The van der Waals surface area contributed by atoms with E-state index in [4.69, 9.17) is 5.73 Å². The average Bonchev–Trinajstić information content (AvgIpc) is 1.63. The monoisotopic (exact) mass is 129 g/mol. The van der Waals surface area contributed by atoms with E-state index in [0.29, 0.717) is 12.3 Å². The second kappa shape index (κ2) is 3.62. The molecule has 2 nitrogen and oxygen atoms in total. The van der Waals surface area contributed by atoms with Crippen LogP contribution in [0.25, 0.3) is 0 Å². The number of nitrogens with two attached hydrogens (primary N) is 1. The first kappa shape index (κ1) is 8.63. The van der Waals surface area contributed by atoms with Gasteiger partial charge in [0.25, 0.3) is 0 Å². The van der Waals surface area contributed by atoms with E-state index in [0.717, 1.165) is 0 Å². The van der Waals surface area contributed by atoms with Crippen LogP contribution < -0.4 is 5.73 Å². The van der Waals surface area contributed by atoms with Gasteiger partial charge in [0.1, 0.15) is 5.78 Å². The molecule has 0 heterocycles. The van der Waals surface area contributed by atoms with Crippen molar-refractivity contribution in [2.75, 3.05) is 0 Å². The third kappa shape index (κ3) is 4.15. The van der Waals surface area contributed by atoms with Gasteiger partial charge in [0.05, 0.1) is 6.04 Å². The second-order valence-corrected chi connectivity index (χ2v) is 2.85. The summed E-state index contributed by atoms with van der Waals surface area (Å²) >= 11 is 0. The Balaban J connectivity index is 3.51. The molecule has 2 N–H and O–H groups in total. The third-order valence-corrected chi connectivity index (χ3v) is 1.12. The predicted molar refractivity (Wildman–Crippen MR) is 38.1 cm³/mol. The number of Topliss-reactive ketones (excluding diaryl/α,β-unsaturated/α-hetero) is 1. The number of hydrogen-bond acceptors (Lipinski definition) is 2. The molecule has 0 aromatic heterocycles. The van der Waals surface area contributed by atoms with Crippen molar-refractivity contribution in [1.82, 2.24) is 0 Å². The third-order valence-electron chi connectivity index (χ3n) is 1.12. The summed E-state index contributed by atoms with van der Waals surface area (Å²) in [7, 11) is 0. The molecule has 0 aromatic rings. The molecule has 0 rings (SSSR count). The number of rotatable bonds is 3. The van der Waals surface area contributed by atoms with Crippen molar-refractivity contribution in [3.63, 3.8) is 0 Å². The smallest absolute Gasteiger partial charge is 0.149 e. The van der Waals surface area contributed by atoms with Gasteiger partial charge in [-0.15, -0.1) is 0 Å². The zero-order valence-corrected chi connectivity index (χ0v) is 6.35. The molecule has 0 aliphatic carbocycles. The van der Waals surface area contributed by atoms with Gasteiger partial charge in [-0.05, 0) is 12.8 Å². The minimum absolute atomic E-state index is 0.157. The van der Waals surface area contributed by atoms with Gasteiger partial charge < -0.3 is 5.73 Å². The van der Waals surface area contributed by atoms with Crippen LogP contribution in [0, 0.1) is 5.92 Å². The molecule has 54 valence electrons. The Morgan fingerprint density at radius 2 is 1.89 bits per heavy atom. The van der Waals surface area contributed by atoms with Crippen LogP contribution in [0.3, 0.4) is 0 Å². The topological polar surface area (TPSA) is 43.1 Å². The van der Waals surface area contributed by atoms with E-state index in [1.165, 1.54) is 0 Å². The van der Waals surface area contributed by atoms with Gasteiger partial charge in [-0.3, -0.25) is 4.79 Å². The summed E-state index contributed by atoms with van der Waals surface area (Å²) in [6.07, 6.45) is 0.609. The molecule has 0 saturated heterocycles. The minimum Gasteiger partial charge on any atom is -0.322 e. The minimum atomic E-state index is -0.285. The molecule has 0 fully saturated rings. The quantitative estimate of drug-likeness (QED) is 0.616. The Hall–Kier alpha value is -0.370. The maximum atomic E-state index is 10.8. The lowest BCUT2D eigenvalue weighted by Crippen LogP contribution is -2.27. The number of carbonyl (C=O) groups is 1. The predicted octanol–water partition coefficient (Wildman–Crippen LogP) is 0.949. The van der Waals surface area contributed by atoms with Crippen LogP contribution in [-0.2, 0) is 4.79 Å². The standard InChI is InChI=1S/C7H15NO/c1-5(2)4-7(9)6(3)8/h5-6H,4,8H2,1-3H3/t6-/m0/s1. The van der Waals surface area contributed by atoms with Crippen molar-refractivity contribution < 1.29 is 4.79 Å². The molecule has 0 saturated carbocycles. The number of carbonyl (C=O) groups excluding carboxylic acids is 1. The fourth-order valence-electron chi connectivity index (χ4n) is 0.588. The lowest BCUT2D eigenvalue weighted by molar-refractivity contribution is -0.120. The normalized spacial score (nSPS) is 13.9. The van der Waals surface area contributed by atoms with E-state index < -0.39 is 0 Å². The first-order chi connectivity index (χ1) is 4.04. The maximum Gasteiger partial charge on any atom is 0.149 e. The van der Waals surface area contributed by atoms with Crippen molar-refractivity contribution in [2.45, 2.75) is 33.2 Å². The van der Waals surface area contributed by atoms with E-state index in [2.05, 4.69) is 0 Å². The molecule has 2 heteroatoms. The van der Waals surface area contributed by atoms with Crippen LogP contribution in [0.1, 0.15) is 27.2 Å². The molecule has 0 aliphatic heterocycles. The maximum absolute atomic E-state index is 10.8. The molecular formula is C7H15NO. The molecule has 0 amide bonds. The highest BCUT2D eigenvalue weighted by molar-refractivity contribution is 5.83. The summed E-state index contributed by atoms with van der Waals surface area (Å²) in [5.74, 6) is 0.591. The van der Waals surface area contributed by atoms with Gasteiger partial charge >= 0.3 is 0 Å². The van der Waals surface area contributed by atoms with Crippen molar-refractivity contribution in [3.8, 4) is 0 Å². The molecule has 0 aliphatic rings. The van der Waals surface area contributed by atoms with Gasteiger partial charge in [0.15, 0.2) is 0 Å². The highest BCUT2D eigenvalue weighted by Crippen LogP contribution is 2.00. The summed E-state index contributed by atoms with van der Waals surface area (Å²) in [5, 5.41) is 0. The van der Waals surface area contributed by atoms with Gasteiger partial charge in [-0.25, -0.2) is 0 Å². The highest BCUT2D eigenvalue weighted by atomic mass is 16.1. The van der Waals surface area contributed by atoms with Crippen LogP contribution in [0.15, 0.2) is 0 Å². The van der Waals surface area contributed by atoms with E-state index in [1.807, 2.05) is 13.8 Å². The molecule has 0 radical (unpaired) electrons. The van der Waals surface area contributed by atoms with E-state index in [1.54, 1.807) is 6.92 Å². The summed E-state index contributed by atoms with van der Waals surface area (Å²) in [6.45, 7) is 5.76. The molecule has 0 bridgehead atoms. The second-order valence-electron chi connectivity index (χ2n) is 2.85. The Kier molecular flexibility index (Phi) is 3.47.